The van der Waals surface area contributed by atoms with Crippen molar-refractivity contribution in [1.29, 1.82) is 0 Å². The first-order chi connectivity index (χ1) is 13.8. The Kier molecular flexibility index (Phi) is 6.57. The second kappa shape index (κ2) is 8.78. The van der Waals surface area contributed by atoms with Crippen molar-refractivity contribution < 1.29 is 14.3 Å². The highest BCUT2D eigenvalue weighted by Crippen LogP contribution is 2.56. The van der Waals surface area contributed by atoms with Gasteiger partial charge in [-0.15, -0.1) is 0 Å². The van der Waals surface area contributed by atoms with Crippen molar-refractivity contribution in [2.45, 2.75) is 40.2 Å². The summed E-state index contributed by atoms with van der Waals surface area (Å²) in [6.07, 6.45) is 2.97. The molecular weight excluding hydrogens is 364 g/mol. The monoisotopic (exact) mass is 400 g/mol. The first-order valence-electron chi connectivity index (χ1n) is 10.8. The molecule has 0 spiro atoms. The molecule has 5 heteroatoms. The zero-order valence-corrected chi connectivity index (χ0v) is 18.7. The molecule has 5 atom stereocenters. The van der Waals surface area contributed by atoms with Crippen LogP contribution in [0.5, 0.6) is 0 Å². The minimum Gasteiger partial charge on any atom is -0.449 e. The zero-order valence-electron chi connectivity index (χ0n) is 18.7. The van der Waals surface area contributed by atoms with E-state index in [1.54, 1.807) is 0 Å². The van der Waals surface area contributed by atoms with Gasteiger partial charge in [0.2, 0.25) is 0 Å². The standard InChI is InChI=1S/C24H36N2O3/c1-7-12-25-23(27)29-15-24-14-28-22(19-8-10-20(11-9-19)26(5)6)21(18(24)4)16(2)13-17(24)3/h8-11,13,17-18,21-22H,7,12,14-15H2,1-6H3,(H,25,27)/t17-,18+,21+,22-,24+/m0/s1. The summed E-state index contributed by atoms with van der Waals surface area (Å²) >= 11 is 0. The van der Waals surface area contributed by atoms with E-state index >= 15 is 0 Å². The molecule has 0 aromatic heterocycles. The average molecular weight is 401 g/mol. The Labute approximate surface area is 175 Å². The third-order valence-corrected chi connectivity index (χ3v) is 6.98. The molecule has 0 radical (unpaired) electrons. The van der Waals surface area contributed by atoms with Gasteiger partial charge in [-0.25, -0.2) is 4.79 Å². The molecule has 2 aliphatic rings. The lowest BCUT2D eigenvalue weighted by atomic mass is 9.56. The highest BCUT2D eigenvalue weighted by Gasteiger charge is 2.54. The molecule has 1 heterocycles. The van der Waals surface area contributed by atoms with Gasteiger partial charge in [0, 0.05) is 37.7 Å². The van der Waals surface area contributed by atoms with Crippen LogP contribution in [0.1, 0.15) is 45.8 Å². The fourth-order valence-electron chi connectivity index (χ4n) is 5.00. The molecule has 1 aromatic rings. The first kappa shape index (κ1) is 21.7. The fraction of sp³-hybridized carbons (Fsp3) is 0.625. The van der Waals surface area contributed by atoms with Crippen LogP contribution in [-0.2, 0) is 9.47 Å². The van der Waals surface area contributed by atoms with Crippen molar-refractivity contribution in [3.63, 3.8) is 0 Å². The number of nitrogens with one attached hydrogen (secondary N) is 1. The van der Waals surface area contributed by atoms with E-state index in [2.05, 4.69) is 75.4 Å². The number of hydrogen-bond acceptors (Lipinski definition) is 4. The number of hydrogen-bond donors (Lipinski definition) is 1. The van der Waals surface area contributed by atoms with E-state index in [-0.39, 0.29) is 23.5 Å². The lowest BCUT2D eigenvalue weighted by Gasteiger charge is -2.55. The molecule has 1 N–H and O–H groups in total. The van der Waals surface area contributed by atoms with E-state index < -0.39 is 0 Å². The molecule has 0 saturated carbocycles. The predicted molar refractivity (Wildman–Crippen MR) is 117 cm³/mol. The van der Waals surface area contributed by atoms with Crippen LogP contribution >= 0.6 is 0 Å². The van der Waals surface area contributed by atoms with E-state index in [1.165, 1.54) is 16.8 Å². The summed E-state index contributed by atoms with van der Waals surface area (Å²) in [4.78, 5) is 14.2. The van der Waals surface area contributed by atoms with Crippen LogP contribution in [0, 0.1) is 23.2 Å². The van der Waals surface area contributed by atoms with Crippen molar-refractivity contribution in [3.05, 3.63) is 41.5 Å². The van der Waals surface area contributed by atoms with Crippen molar-refractivity contribution >= 4 is 11.8 Å². The van der Waals surface area contributed by atoms with Crippen molar-refractivity contribution in [2.75, 3.05) is 38.8 Å². The molecular formula is C24H36N2O3. The summed E-state index contributed by atoms with van der Waals surface area (Å²) in [5.41, 5.74) is 3.58. The summed E-state index contributed by atoms with van der Waals surface area (Å²) in [6, 6.07) is 8.66. The maximum atomic E-state index is 12.1. The Bertz CT molecular complexity index is 743. The highest BCUT2D eigenvalue weighted by molar-refractivity contribution is 5.67. The van der Waals surface area contributed by atoms with Gasteiger partial charge in [0.05, 0.1) is 12.7 Å². The quantitative estimate of drug-likeness (QED) is 0.697. The van der Waals surface area contributed by atoms with E-state index in [0.717, 1.165) is 6.42 Å². The van der Waals surface area contributed by atoms with Gasteiger partial charge in [-0.1, -0.05) is 44.6 Å². The fourth-order valence-corrected chi connectivity index (χ4v) is 5.00. The number of amides is 1. The van der Waals surface area contributed by atoms with E-state index in [9.17, 15) is 4.79 Å². The molecule has 1 aliphatic carbocycles. The number of allylic oxidation sites excluding steroid dienone is 1. The van der Waals surface area contributed by atoms with E-state index in [0.29, 0.717) is 31.6 Å². The number of carbonyl (C=O) groups excluding carboxylic acids is 1. The summed E-state index contributed by atoms with van der Waals surface area (Å²) < 4.78 is 12.1. The number of rotatable bonds is 6. The summed E-state index contributed by atoms with van der Waals surface area (Å²) in [5, 5.41) is 2.81. The van der Waals surface area contributed by atoms with Crippen LogP contribution in [0.2, 0.25) is 0 Å². The molecule has 0 unspecified atom stereocenters. The van der Waals surface area contributed by atoms with E-state index in [1.807, 2.05) is 6.92 Å². The van der Waals surface area contributed by atoms with Gasteiger partial charge in [-0.3, -0.25) is 0 Å². The predicted octanol–water partition coefficient (Wildman–Crippen LogP) is 4.79. The normalized spacial score (nSPS) is 31.0. The van der Waals surface area contributed by atoms with Crippen molar-refractivity contribution in [1.82, 2.24) is 5.32 Å². The lowest BCUT2D eigenvalue weighted by Crippen LogP contribution is -2.54. The smallest absolute Gasteiger partial charge is 0.407 e. The molecule has 1 aromatic carbocycles. The third kappa shape index (κ3) is 4.16. The number of nitrogens with zero attached hydrogens (tertiary/aromatic N) is 1. The summed E-state index contributed by atoms with van der Waals surface area (Å²) in [7, 11) is 4.10. The van der Waals surface area contributed by atoms with Crippen LogP contribution in [0.15, 0.2) is 35.9 Å². The Morgan fingerprint density at radius 1 is 1.28 bits per heavy atom. The van der Waals surface area contributed by atoms with Gasteiger partial charge in [-0.05, 0) is 42.9 Å². The van der Waals surface area contributed by atoms with Crippen LogP contribution in [0.25, 0.3) is 0 Å². The maximum absolute atomic E-state index is 12.1. The minimum atomic E-state index is -0.329. The van der Waals surface area contributed by atoms with Crippen LogP contribution in [0.4, 0.5) is 10.5 Å². The number of benzene rings is 1. The molecule has 1 amide bonds. The summed E-state index contributed by atoms with van der Waals surface area (Å²) in [5.74, 6) is 0.936. The second-order valence-electron chi connectivity index (χ2n) is 8.97. The van der Waals surface area contributed by atoms with Gasteiger partial charge < -0.3 is 19.7 Å². The Morgan fingerprint density at radius 2 is 1.97 bits per heavy atom. The van der Waals surface area contributed by atoms with Crippen molar-refractivity contribution in [2.24, 2.45) is 23.2 Å². The zero-order chi connectivity index (χ0) is 21.2. The largest absolute Gasteiger partial charge is 0.449 e. The Balaban J connectivity index is 1.81. The summed E-state index contributed by atoms with van der Waals surface area (Å²) in [6.45, 7) is 10.4. The molecule has 3 rings (SSSR count). The minimum absolute atomic E-state index is 0.0343. The molecule has 1 aliphatic heterocycles. The molecule has 160 valence electrons. The Morgan fingerprint density at radius 3 is 2.59 bits per heavy atom. The SMILES string of the molecule is CCCNC(=O)OC[C@]12CO[C@@H](c3ccc(N(C)C)cc3)[C@H](C(C)=C[C@@H]1C)[C@H]2C. The van der Waals surface area contributed by atoms with Gasteiger partial charge in [0.15, 0.2) is 0 Å². The number of fused-ring (bicyclic) bond motifs is 2. The number of carbonyl (C=O) groups is 1. The number of ether oxygens (including phenoxy) is 2. The second-order valence-corrected chi connectivity index (χ2v) is 8.97. The van der Waals surface area contributed by atoms with Crippen LogP contribution in [-0.4, -0.2) is 39.9 Å². The van der Waals surface area contributed by atoms with Crippen LogP contribution in [0.3, 0.4) is 0 Å². The van der Waals surface area contributed by atoms with Gasteiger partial charge in [0.1, 0.15) is 6.61 Å². The highest BCUT2D eigenvalue weighted by atomic mass is 16.6. The number of alkyl carbamates (subject to hydrolysis) is 1. The third-order valence-electron chi connectivity index (χ3n) is 6.98. The Hall–Kier alpha value is -2.01. The lowest BCUT2D eigenvalue weighted by molar-refractivity contribution is -0.165. The van der Waals surface area contributed by atoms with Gasteiger partial charge >= 0.3 is 6.09 Å². The maximum Gasteiger partial charge on any atom is 0.407 e. The topological polar surface area (TPSA) is 50.8 Å². The van der Waals surface area contributed by atoms with Gasteiger partial charge in [0.25, 0.3) is 0 Å². The molecule has 5 nitrogen and oxygen atoms in total. The molecule has 2 bridgehead atoms. The molecule has 1 saturated heterocycles. The number of anilines is 1. The van der Waals surface area contributed by atoms with E-state index in [4.69, 9.17) is 9.47 Å². The first-order valence-corrected chi connectivity index (χ1v) is 10.8. The van der Waals surface area contributed by atoms with Crippen LogP contribution < -0.4 is 10.2 Å². The van der Waals surface area contributed by atoms with Gasteiger partial charge in [-0.2, -0.15) is 0 Å². The van der Waals surface area contributed by atoms with Crippen molar-refractivity contribution in [3.8, 4) is 0 Å². The molecule has 1 fully saturated rings. The average Bonchev–Trinajstić information content (AvgIpc) is 2.70. The molecule has 29 heavy (non-hydrogen) atoms.